The number of thioether (sulfide) groups is 1. The molecule has 1 aromatic carbocycles. The fourth-order valence-electron chi connectivity index (χ4n) is 2.67. The van der Waals surface area contributed by atoms with Crippen molar-refractivity contribution in [2.75, 3.05) is 0 Å². The lowest BCUT2D eigenvalue weighted by Crippen LogP contribution is -1.95. The lowest BCUT2D eigenvalue weighted by Gasteiger charge is -2.00. The molecule has 0 saturated carbocycles. The average molecular weight is 468 g/mol. The molecule has 4 heterocycles. The lowest BCUT2D eigenvalue weighted by molar-refractivity contribution is -0.401. The first kappa shape index (κ1) is 21.9. The van der Waals surface area contributed by atoms with E-state index in [4.69, 9.17) is 8.94 Å². The summed E-state index contributed by atoms with van der Waals surface area (Å²) < 4.78 is 16.4. The summed E-state index contributed by atoms with van der Waals surface area (Å²) in [4.78, 5) is 14.6. The molecule has 0 radical (unpaired) electrons. The lowest BCUT2D eigenvalue weighted by atomic mass is 10.1. The van der Waals surface area contributed by atoms with Crippen LogP contribution in [0.3, 0.4) is 0 Å². The van der Waals surface area contributed by atoms with Crippen LogP contribution >= 0.6 is 11.8 Å². The van der Waals surface area contributed by atoms with Crippen LogP contribution in [0.1, 0.15) is 11.4 Å². The monoisotopic (exact) mass is 468 g/mol. The van der Waals surface area contributed by atoms with Crippen molar-refractivity contribution in [3.63, 3.8) is 0 Å². The normalized spacial score (nSPS) is 10.6. The zero-order valence-corrected chi connectivity index (χ0v) is 18.2. The molecule has 0 aliphatic heterocycles. The van der Waals surface area contributed by atoms with Crippen LogP contribution in [0.5, 0.6) is 0 Å². The summed E-state index contributed by atoms with van der Waals surface area (Å²) in [6.45, 7) is 2.00. The van der Waals surface area contributed by atoms with Crippen LogP contribution in [-0.2, 0) is 12.8 Å². The summed E-state index contributed by atoms with van der Waals surface area (Å²) in [6.07, 6.45) is 2.88. The number of aryl methyl sites for hydroxylation is 1. The molecule has 0 aliphatic rings. The molecule has 0 saturated heterocycles. The van der Waals surface area contributed by atoms with E-state index in [0.29, 0.717) is 28.4 Å². The van der Waals surface area contributed by atoms with Crippen molar-refractivity contribution in [2.24, 2.45) is 7.05 Å². The van der Waals surface area contributed by atoms with Gasteiger partial charge in [-0.15, -0.1) is 15.3 Å². The third kappa shape index (κ3) is 5.30. The molecule has 0 aliphatic carbocycles. The second kappa shape index (κ2) is 9.86. The molecule has 0 bridgehead atoms. The topological polar surface area (TPSA) is 165 Å². The number of benzene rings is 1. The Morgan fingerprint density at radius 3 is 2.76 bits per heavy atom. The molecule has 5 aromatic rings. The van der Waals surface area contributed by atoms with Gasteiger partial charge in [-0.05, 0) is 25.1 Å². The average Bonchev–Trinajstić information content (AvgIpc) is 3.61. The van der Waals surface area contributed by atoms with Gasteiger partial charge in [0.05, 0.1) is 18.0 Å². The fourth-order valence-corrected chi connectivity index (χ4v) is 3.43. The third-order valence-electron chi connectivity index (χ3n) is 4.17. The Kier molecular flexibility index (Phi) is 6.54. The van der Waals surface area contributed by atoms with Crippen molar-refractivity contribution in [1.82, 2.24) is 35.3 Å². The summed E-state index contributed by atoms with van der Waals surface area (Å²) >= 11 is 1.37. The highest BCUT2D eigenvalue weighted by Crippen LogP contribution is 2.28. The van der Waals surface area contributed by atoms with Crippen LogP contribution in [0.4, 0.5) is 5.88 Å². The second-order valence-corrected chi connectivity index (χ2v) is 7.46. The first-order valence-corrected chi connectivity index (χ1v) is 10.4. The Balaban J connectivity index is 0.000000459. The minimum Gasteiger partial charge on any atom is -0.397 e. The van der Waals surface area contributed by atoms with Crippen molar-refractivity contribution in [2.45, 2.75) is 17.8 Å². The molecule has 0 fully saturated rings. The largest absolute Gasteiger partial charge is 0.433 e. The van der Waals surface area contributed by atoms with Crippen molar-refractivity contribution in [3.8, 4) is 23.0 Å². The Labute approximate surface area is 189 Å². The van der Waals surface area contributed by atoms with Gasteiger partial charge in [-0.3, -0.25) is 10.1 Å². The molecule has 13 nitrogen and oxygen atoms in total. The van der Waals surface area contributed by atoms with Gasteiger partial charge in [0.25, 0.3) is 5.89 Å². The summed E-state index contributed by atoms with van der Waals surface area (Å²) in [5, 5.41) is 29.9. The first-order valence-electron chi connectivity index (χ1n) is 9.38. The van der Waals surface area contributed by atoms with E-state index in [1.807, 2.05) is 31.2 Å². The van der Waals surface area contributed by atoms with E-state index in [1.54, 1.807) is 11.6 Å². The van der Waals surface area contributed by atoms with E-state index in [0.717, 1.165) is 11.1 Å². The van der Waals surface area contributed by atoms with E-state index < -0.39 is 4.92 Å². The highest BCUT2D eigenvalue weighted by atomic mass is 32.2. The molecular weight excluding hydrogens is 452 g/mol. The summed E-state index contributed by atoms with van der Waals surface area (Å²) in [7, 11) is 1.75. The molecule has 0 unspecified atom stereocenters. The van der Waals surface area contributed by atoms with E-state index in [-0.39, 0.29) is 11.6 Å². The van der Waals surface area contributed by atoms with Gasteiger partial charge >= 0.3 is 5.88 Å². The molecule has 0 N–H and O–H groups in total. The maximum atomic E-state index is 10.8. The van der Waals surface area contributed by atoms with Crippen molar-refractivity contribution < 1.29 is 18.4 Å². The van der Waals surface area contributed by atoms with E-state index in [2.05, 4.69) is 35.2 Å². The van der Waals surface area contributed by atoms with Gasteiger partial charge in [-0.1, -0.05) is 34.6 Å². The van der Waals surface area contributed by atoms with Crippen LogP contribution < -0.4 is 0 Å². The Morgan fingerprint density at radius 1 is 1.21 bits per heavy atom. The highest BCUT2D eigenvalue weighted by Gasteiger charge is 2.19. The summed E-state index contributed by atoms with van der Waals surface area (Å²) in [6, 6.07) is 10.6. The Hall–Kier alpha value is -4.33. The van der Waals surface area contributed by atoms with E-state index >= 15 is 0 Å². The molecule has 0 amide bonds. The predicted octanol–water partition coefficient (Wildman–Crippen LogP) is 3.70. The van der Waals surface area contributed by atoms with Gasteiger partial charge in [-0.2, -0.15) is 4.98 Å². The zero-order chi connectivity index (χ0) is 23.2. The molecule has 0 atom stereocenters. The van der Waals surface area contributed by atoms with E-state index in [9.17, 15) is 10.1 Å². The number of rotatable bonds is 6. The van der Waals surface area contributed by atoms with Gasteiger partial charge in [0.15, 0.2) is 16.7 Å². The van der Waals surface area contributed by atoms with Crippen molar-refractivity contribution in [3.05, 3.63) is 70.4 Å². The molecule has 168 valence electrons. The van der Waals surface area contributed by atoms with Gasteiger partial charge < -0.3 is 18.0 Å². The first-order chi connectivity index (χ1) is 16.0. The number of furan rings is 1. The smallest absolute Gasteiger partial charge is 0.397 e. The summed E-state index contributed by atoms with van der Waals surface area (Å²) in [5.41, 5.74) is 1.97. The molecule has 33 heavy (non-hydrogen) atoms. The van der Waals surface area contributed by atoms with Crippen LogP contribution in [0.15, 0.2) is 67.5 Å². The fraction of sp³-hybridized carbons (Fsp3) is 0.158. The molecule has 0 spiro atoms. The van der Waals surface area contributed by atoms with Gasteiger partial charge in [0, 0.05) is 17.9 Å². The van der Waals surface area contributed by atoms with Crippen molar-refractivity contribution >= 4 is 17.6 Å². The predicted molar refractivity (Wildman–Crippen MR) is 114 cm³/mol. The SMILES string of the molecule is Cc1cccc(-c2nc(CSc3nnc(-c4ccc([N+](=O)[O-])o4)n3C)no2)c1.c1conn1. The van der Waals surface area contributed by atoms with Crippen molar-refractivity contribution in [1.29, 1.82) is 0 Å². The summed E-state index contributed by atoms with van der Waals surface area (Å²) in [5.74, 6) is 1.74. The molecule has 14 heteroatoms. The minimum absolute atomic E-state index is 0.273. The molecular formula is C19H16N8O5S. The van der Waals surface area contributed by atoms with Gasteiger partial charge in [0.1, 0.15) is 11.2 Å². The zero-order valence-electron chi connectivity index (χ0n) is 17.4. The molecule has 5 rings (SSSR count). The number of hydrogen-bond donors (Lipinski definition) is 0. The Morgan fingerprint density at radius 2 is 2.09 bits per heavy atom. The van der Waals surface area contributed by atoms with Crippen LogP contribution in [0.2, 0.25) is 0 Å². The number of nitrogens with zero attached hydrogens (tertiary/aromatic N) is 8. The van der Waals surface area contributed by atoms with E-state index in [1.165, 1.54) is 36.4 Å². The van der Waals surface area contributed by atoms with Crippen LogP contribution in [0.25, 0.3) is 23.0 Å². The number of hydrogen-bond acceptors (Lipinski definition) is 12. The van der Waals surface area contributed by atoms with Crippen LogP contribution in [-0.4, -0.2) is 40.2 Å². The standard InChI is InChI=1S/C17H14N6O4S.C2H2N2O/c1-10-4-3-5-11(8-10)16-18-13(21-27-16)9-28-17-20-19-15(22(17)2)12-6-7-14(26-12)23(24)25;1-2-5-4-3-1/h3-8H,9H2,1-2H3;1-2H. The number of aromatic nitrogens is 7. The maximum Gasteiger partial charge on any atom is 0.433 e. The Bertz CT molecular complexity index is 1330. The third-order valence-corrected chi connectivity index (χ3v) is 5.19. The minimum atomic E-state index is -0.600. The van der Waals surface area contributed by atoms with Gasteiger partial charge in [-0.25, -0.2) is 0 Å². The van der Waals surface area contributed by atoms with Gasteiger partial charge in [0.2, 0.25) is 5.82 Å². The quantitative estimate of drug-likeness (QED) is 0.202. The van der Waals surface area contributed by atoms with Crippen LogP contribution in [0, 0.1) is 17.0 Å². The highest BCUT2D eigenvalue weighted by molar-refractivity contribution is 7.98. The second-order valence-electron chi connectivity index (χ2n) is 6.52. The maximum absolute atomic E-state index is 10.8. The molecule has 4 aromatic heterocycles. The number of nitro groups is 1.